The molecule has 5 N–H and O–H groups in total. The average molecular weight is 533 g/mol. The molecule has 1 aliphatic rings. The predicted molar refractivity (Wildman–Crippen MR) is 155 cm³/mol. The minimum Gasteiger partial charge on any atom is -0.387 e. The number of aliphatic hydroxyl groups excluding tert-OH is 1. The summed E-state index contributed by atoms with van der Waals surface area (Å²) in [6.07, 6.45) is 0.0859. The normalized spacial score (nSPS) is 12.8. The second-order valence-corrected chi connectivity index (χ2v) is 10.1. The van der Waals surface area contributed by atoms with Crippen LogP contribution in [0.15, 0.2) is 72.8 Å². The molecule has 1 aliphatic heterocycles. The van der Waals surface area contributed by atoms with Crippen molar-refractivity contribution >= 4 is 45.2 Å². The van der Waals surface area contributed by atoms with Gasteiger partial charge in [-0.2, -0.15) is 0 Å². The molecule has 8 nitrogen and oxygen atoms in total. The molecule has 0 fully saturated rings. The first-order valence-corrected chi connectivity index (χ1v) is 13.1. The zero-order valence-corrected chi connectivity index (χ0v) is 22.0. The van der Waals surface area contributed by atoms with Crippen LogP contribution >= 0.6 is 0 Å². The minimum absolute atomic E-state index is 0.00860. The van der Waals surface area contributed by atoms with Crippen LogP contribution in [-0.2, 0) is 29.1 Å². The van der Waals surface area contributed by atoms with Gasteiger partial charge in [-0.25, -0.2) is 0 Å². The number of hydrogen-bond donors (Lipinski definition) is 4. The van der Waals surface area contributed by atoms with Crippen molar-refractivity contribution in [3.05, 3.63) is 101 Å². The van der Waals surface area contributed by atoms with Crippen LogP contribution in [-0.4, -0.2) is 34.4 Å². The Bertz CT molecular complexity index is 1840. The summed E-state index contributed by atoms with van der Waals surface area (Å²) in [7, 11) is 0. The molecule has 0 saturated heterocycles. The van der Waals surface area contributed by atoms with Gasteiger partial charge in [0.1, 0.15) is 6.61 Å². The number of aliphatic hydroxyl groups is 1. The van der Waals surface area contributed by atoms with E-state index in [1.165, 1.54) is 0 Å². The zero-order valence-electron chi connectivity index (χ0n) is 22.0. The van der Waals surface area contributed by atoms with Gasteiger partial charge in [-0.05, 0) is 58.5 Å². The molecule has 6 rings (SSSR count). The number of carbonyl (C=O) groups excluding carboxylic acids is 3. The maximum atomic E-state index is 13.3. The van der Waals surface area contributed by atoms with E-state index < -0.39 is 18.4 Å². The number of rotatable bonds is 7. The summed E-state index contributed by atoms with van der Waals surface area (Å²) in [6.45, 7) is 2.26. The number of anilines is 1. The number of primary amides is 1. The quantitative estimate of drug-likeness (QED) is 0.252. The molecule has 5 aromatic rings. The van der Waals surface area contributed by atoms with E-state index in [9.17, 15) is 14.4 Å². The molecule has 3 amide bonds. The average Bonchev–Trinajstić information content (AvgIpc) is 3.50. The van der Waals surface area contributed by atoms with Gasteiger partial charge >= 0.3 is 0 Å². The van der Waals surface area contributed by atoms with Crippen LogP contribution in [0.3, 0.4) is 0 Å². The van der Waals surface area contributed by atoms with Crippen LogP contribution < -0.4 is 16.0 Å². The summed E-state index contributed by atoms with van der Waals surface area (Å²) in [6, 6.07) is 23.5. The third-order valence-corrected chi connectivity index (χ3v) is 7.61. The molecule has 0 spiro atoms. The highest BCUT2D eigenvalue weighted by atomic mass is 16.3. The van der Waals surface area contributed by atoms with Crippen LogP contribution in [0.1, 0.15) is 32.6 Å². The fraction of sp³-hybridized carbons (Fsp3) is 0.156. The van der Waals surface area contributed by atoms with Gasteiger partial charge in [0.2, 0.25) is 11.8 Å². The highest BCUT2D eigenvalue weighted by molar-refractivity contribution is 6.16. The first kappa shape index (κ1) is 25.3. The van der Waals surface area contributed by atoms with Gasteiger partial charge in [0, 0.05) is 34.1 Å². The number of aromatic amines is 1. The van der Waals surface area contributed by atoms with Crippen molar-refractivity contribution in [2.75, 3.05) is 11.5 Å². The Balaban J connectivity index is 1.49. The summed E-state index contributed by atoms with van der Waals surface area (Å²) in [5, 5.41) is 13.6. The van der Waals surface area contributed by atoms with E-state index in [0.29, 0.717) is 6.54 Å². The number of aromatic nitrogens is 1. The molecule has 2 heterocycles. The molecule has 0 aliphatic carbocycles. The number of H-pyrrole nitrogens is 1. The lowest BCUT2D eigenvalue weighted by Crippen LogP contribution is -2.25. The standard InChI is InChI=1S/C32H28N4O4/c1-18-22(7-4-8-27(18)36-16-21-5-2-3-6-23(21)32(36)40)24-12-10-20(14-28(33)38)31-30(24)25-11-9-19(13-26(25)35-31)15-34-29(39)17-37/h2-13,35,37H,14-17H2,1H3,(H2,33,38)(H,34,39). The Hall–Kier alpha value is -4.95. The van der Waals surface area contributed by atoms with E-state index in [4.69, 9.17) is 10.8 Å². The Kier molecular flexibility index (Phi) is 6.32. The Morgan fingerprint density at radius 1 is 1.00 bits per heavy atom. The van der Waals surface area contributed by atoms with Crippen molar-refractivity contribution in [3.8, 4) is 11.1 Å². The first-order chi connectivity index (χ1) is 19.4. The lowest BCUT2D eigenvalue weighted by molar-refractivity contribution is -0.124. The highest BCUT2D eigenvalue weighted by Crippen LogP contribution is 2.41. The molecule has 0 atom stereocenters. The number of nitrogens with two attached hydrogens (primary N) is 1. The summed E-state index contributed by atoms with van der Waals surface area (Å²) in [5.41, 5.74) is 14.4. The maximum absolute atomic E-state index is 13.3. The molecule has 1 aromatic heterocycles. The van der Waals surface area contributed by atoms with Crippen LogP contribution in [0, 0.1) is 6.92 Å². The summed E-state index contributed by atoms with van der Waals surface area (Å²) >= 11 is 0. The number of amides is 3. The van der Waals surface area contributed by atoms with Crippen molar-refractivity contribution < 1.29 is 19.5 Å². The smallest absolute Gasteiger partial charge is 0.258 e. The van der Waals surface area contributed by atoms with Gasteiger partial charge < -0.3 is 26.0 Å². The van der Waals surface area contributed by atoms with Crippen LogP contribution in [0.4, 0.5) is 5.69 Å². The number of fused-ring (bicyclic) bond motifs is 4. The molecular formula is C32H28N4O4. The predicted octanol–water partition coefficient (Wildman–Crippen LogP) is 4.09. The number of hydrogen-bond acceptors (Lipinski definition) is 4. The Morgan fingerprint density at radius 3 is 2.58 bits per heavy atom. The SMILES string of the molecule is Cc1c(-c2ccc(CC(N)=O)c3[nH]c4cc(CNC(=O)CO)ccc4c23)cccc1N1Cc2ccccc2C1=O. The second-order valence-electron chi connectivity index (χ2n) is 10.1. The number of benzene rings is 4. The molecule has 0 radical (unpaired) electrons. The van der Waals surface area contributed by atoms with Gasteiger partial charge in [0.25, 0.3) is 5.91 Å². The first-order valence-electron chi connectivity index (χ1n) is 13.1. The van der Waals surface area contributed by atoms with Gasteiger partial charge in [0.05, 0.1) is 18.5 Å². The molecule has 200 valence electrons. The molecular weight excluding hydrogens is 504 g/mol. The molecule has 0 unspecified atom stereocenters. The van der Waals surface area contributed by atoms with Crippen molar-refractivity contribution in [2.45, 2.75) is 26.4 Å². The van der Waals surface area contributed by atoms with E-state index in [0.717, 1.165) is 66.4 Å². The van der Waals surface area contributed by atoms with Gasteiger partial charge in [-0.1, -0.05) is 54.6 Å². The van der Waals surface area contributed by atoms with Crippen LogP contribution in [0.25, 0.3) is 32.9 Å². The topological polar surface area (TPSA) is 129 Å². The highest BCUT2D eigenvalue weighted by Gasteiger charge is 2.29. The summed E-state index contributed by atoms with van der Waals surface area (Å²) < 4.78 is 0. The van der Waals surface area contributed by atoms with Crippen molar-refractivity contribution in [2.24, 2.45) is 5.73 Å². The molecule has 8 heteroatoms. The van der Waals surface area contributed by atoms with E-state index >= 15 is 0 Å². The van der Waals surface area contributed by atoms with Crippen LogP contribution in [0.5, 0.6) is 0 Å². The fourth-order valence-electron chi connectivity index (χ4n) is 5.70. The molecule has 0 bridgehead atoms. The van der Waals surface area contributed by atoms with E-state index in [-0.39, 0.29) is 18.9 Å². The van der Waals surface area contributed by atoms with Gasteiger partial charge in [-0.3, -0.25) is 14.4 Å². The Morgan fingerprint density at radius 2 is 1.80 bits per heavy atom. The lowest BCUT2D eigenvalue weighted by Gasteiger charge is -2.21. The minimum atomic E-state index is -0.567. The Labute approximate surface area is 230 Å². The van der Waals surface area contributed by atoms with Crippen LogP contribution in [0.2, 0.25) is 0 Å². The van der Waals surface area contributed by atoms with Crippen molar-refractivity contribution in [1.29, 1.82) is 0 Å². The van der Waals surface area contributed by atoms with E-state index in [1.54, 1.807) is 0 Å². The van der Waals surface area contributed by atoms with E-state index in [1.807, 2.05) is 84.6 Å². The number of nitrogens with zero attached hydrogens (tertiary/aromatic N) is 1. The largest absolute Gasteiger partial charge is 0.387 e. The summed E-state index contributed by atoms with van der Waals surface area (Å²) in [5.74, 6) is -0.881. The second kappa shape index (κ2) is 9.98. The third-order valence-electron chi connectivity index (χ3n) is 7.61. The number of nitrogens with one attached hydrogen (secondary N) is 2. The lowest BCUT2D eigenvalue weighted by atomic mass is 9.92. The van der Waals surface area contributed by atoms with Gasteiger partial charge in [-0.15, -0.1) is 0 Å². The molecule has 0 saturated carbocycles. The van der Waals surface area contributed by atoms with Crippen molar-refractivity contribution in [1.82, 2.24) is 10.3 Å². The fourth-order valence-corrected chi connectivity index (χ4v) is 5.70. The zero-order chi connectivity index (χ0) is 28.0. The van der Waals surface area contributed by atoms with Gasteiger partial charge in [0.15, 0.2) is 0 Å². The molecule has 40 heavy (non-hydrogen) atoms. The third kappa shape index (κ3) is 4.28. The molecule has 4 aromatic carbocycles. The maximum Gasteiger partial charge on any atom is 0.258 e. The number of carbonyl (C=O) groups is 3. The monoisotopic (exact) mass is 532 g/mol. The van der Waals surface area contributed by atoms with Crippen molar-refractivity contribution in [3.63, 3.8) is 0 Å². The van der Waals surface area contributed by atoms with E-state index in [2.05, 4.69) is 10.3 Å². The summed E-state index contributed by atoms with van der Waals surface area (Å²) in [4.78, 5) is 42.0.